The number of carbonyl (C=O) groups is 1. The van der Waals surface area contributed by atoms with Crippen molar-refractivity contribution in [2.45, 2.75) is 70.5 Å². The van der Waals surface area contributed by atoms with Crippen LogP contribution in [0.3, 0.4) is 0 Å². The average Bonchev–Trinajstić information content (AvgIpc) is 3.23. The van der Waals surface area contributed by atoms with Gasteiger partial charge in [0.25, 0.3) is 0 Å². The SMILES string of the molecule is CCn1c(CC23CC4CC(CC(C4)C2)C3)nnc1SCC(=O)Nc1nnc(C)s1. The lowest BCUT2D eigenvalue weighted by atomic mass is 9.49. The molecule has 156 valence electrons. The van der Waals surface area contributed by atoms with E-state index in [1.807, 2.05) is 6.92 Å². The second-order valence-electron chi connectivity index (χ2n) is 9.20. The topological polar surface area (TPSA) is 85.6 Å². The number of thioether (sulfide) groups is 1. The summed E-state index contributed by atoms with van der Waals surface area (Å²) in [6, 6.07) is 0. The van der Waals surface area contributed by atoms with Crippen molar-refractivity contribution in [2.75, 3.05) is 11.1 Å². The molecule has 4 aliphatic rings. The van der Waals surface area contributed by atoms with Crippen LogP contribution in [0.25, 0.3) is 0 Å². The van der Waals surface area contributed by atoms with Gasteiger partial charge in [-0.1, -0.05) is 23.1 Å². The summed E-state index contributed by atoms with van der Waals surface area (Å²) >= 11 is 2.84. The fraction of sp³-hybridized carbons (Fsp3) is 0.750. The molecule has 2 aromatic rings. The number of aryl methyl sites for hydroxylation is 1. The van der Waals surface area contributed by atoms with Gasteiger partial charge in [0.05, 0.1) is 5.75 Å². The summed E-state index contributed by atoms with van der Waals surface area (Å²) in [5.74, 6) is 4.16. The van der Waals surface area contributed by atoms with Crippen LogP contribution < -0.4 is 5.32 Å². The van der Waals surface area contributed by atoms with Crippen LogP contribution in [-0.4, -0.2) is 36.6 Å². The molecule has 2 heterocycles. The van der Waals surface area contributed by atoms with Gasteiger partial charge in [0.2, 0.25) is 11.0 Å². The Labute approximate surface area is 179 Å². The van der Waals surface area contributed by atoms with Crippen molar-refractivity contribution in [3.8, 4) is 0 Å². The van der Waals surface area contributed by atoms with Gasteiger partial charge < -0.3 is 4.57 Å². The Bertz CT molecular complexity index is 871. The summed E-state index contributed by atoms with van der Waals surface area (Å²) in [6.45, 7) is 4.85. The molecule has 9 heteroatoms. The summed E-state index contributed by atoms with van der Waals surface area (Å²) in [5.41, 5.74) is 0.448. The molecular weight excluding hydrogens is 404 g/mol. The molecule has 4 saturated carbocycles. The standard InChI is InChI=1S/C20H28N6OS2/c1-3-26-16(10-20-7-13-4-14(8-20)6-15(5-13)9-20)23-25-19(26)28-11-17(27)21-18-24-22-12(2)29-18/h13-15H,3-11H2,1-2H3,(H,21,24,27). The zero-order valence-electron chi connectivity index (χ0n) is 17.1. The zero-order chi connectivity index (χ0) is 20.0. The van der Waals surface area contributed by atoms with Gasteiger partial charge in [-0.3, -0.25) is 10.1 Å². The van der Waals surface area contributed by atoms with Crippen molar-refractivity contribution in [2.24, 2.45) is 23.2 Å². The van der Waals surface area contributed by atoms with E-state index in [2.05, 4.69) is 37.2 Å². The highest BCUT2D eigenvalue weighted by Gasteiger charge is 2.51. The van der Waals surface area contributed by atoms with E-state index in [-0.39, 0.29) is 5.91 Å². The maximum absolute atomic E-state index is 12.2. The molecule has 0 unspecified atom stereocenters. The van der Waals surface area contributed by atoms with Crippen LogP contribution in [0.5, 0.6) is 0 Å². The van der Waals surface area contributed by atoms with E-state index < -0.39 is 0 Å². The fourth-order valence-electron chi connectivity index (χ4n) is 6.35. The third-order valence-electron chi connectivity index (χ3n) is 6.91. The van der Waals surface area contributed by atoms with Crippen LogP contribution in [0.2, 0.25) is 0 Å². The van der Waals surface area contributed by atoms with Crippen LogP contribution in [0.4, 0.5) is 5.13 Å². The number of rotatable bonds is 7. The zero-order valence-corrected chi connectivity index (χ0v) is 18.7. The molecule has 6 rings (SSSR count). The summed E-state index contributed by atoms with van der Waals surface area (Å²) in [5, 5.41) is 21.9. The highest BCUT2D eigenvalue weighted by molar-refractivity contribution is 7.99. The Kier molecular flexibility index (Phi) is 5.14. The van der Waals surface area contributed by atoms with Crippen LogP contribution in [0.1, 0.15) is 56.3 Å². The molecule has 0 aliphatic heterocycles. The highest BCUT2D eigenvalue weighted by atomic mass is 32.2. The molecular formula is C20H28N6OS2. The van der Waals surface area contributed by atoms with Gasteiger partial charge in [-0.25, -0.2) is 0 Å². The molecule has 0 atom stereocenters. The first kappa shape index (κ1) is 19.5. The molecule has 2 aromatic heterocycles. The van der Waals surface area contributed by atoms with E-state index in [1.165, 1.54) is 61.6 Å². The Morgan fingerprint density at radius 3 is 2.41 bits per heavy atom. The number of hydrogen-bond acceptors (Lipinski definition) is 7. The van der Waals surface area contributed by atoms with E-state index in [0.717, 1.165) is 46.7 Å². The second-order valence-corrected chi connectivity index (χ2v) is 11.3. The van der Waals surface area contributed by atoms with Crippen LogP contribution in [-0.2, 0) is 17.8 Å². The van der Waals surface area contributed by atoms with Gasteiger partial charge in [0.1, 0.15) is 10.8 Å². The highest BCUT2D eigenvalue weighted by Crippen LogP contribution is 2.61. The molecule has 0 spiro atoms. The minimum absolute atomic E-state index is 0.0839. The van der Waals surface area contributed by atoms with Gasteiger partial charge >= 0.3 is 0 Å². The molecule has 1 N–H and O–H groups in total. The molecule has 1 amide bonds. The van der Waals surface area contributed by atoms with Crippen molar-refractivity contribution < 1.29 is 4.79 Å². The van der Waals surface area contributed by atoms with Crippen molar-refractivity contribution in [3.63, 3.8) is 0 Å². The van der Waals surface area contributed by atoms with Crippen molar-refractivity contribution in [1.29, 1.82) is 0 Å². The lowest BCUT2D eigenvalue weighted by Crippen LogP contribution is -2.47. The predicted molar refractivity (Wildman–Crippen MR) is 114 cm³/mol. The van der Waals surface area contributed by atoms with E-state index >= 15 is 0 Å². The third kappa shape index (κ3) is 3.95. The lowest BCUT2D eigenvalue weighted by molar-refractivity contribution is -0.113. The smallest absolute Gasteiger partial charge is 0.236 e. The molecule has 0 saturated heterocycles. The van der Waals surface area contributed by atoms with Gasteiger partial charge in [-0.15, -0.1) is 20.4 Å². The molecule has 4 fully saturated rings. The summed E-state index contributed by atoms with van der Waals surface area (Å²) in [6.07, 6.45) is 9.57. The summed E-state index contributed by atoms with van der Waals surface area (Å²) in [4.78, 5) is 12.2. The van der Waals surface area contributed by atoms with Crippen LogP contribution in [0.15, 0.2) is 5.16 Å². The molecule has 4 bridgehead atoms. The van der Waals surface area contributed by atoms with Gasteiger partial charge in [0, 0.05) is 13.0 Å². The van der Waals surface area contributed by atoms with Crippen molar-refractivity contribution in [1.82, 2.24) is 25.0 Å². The van der Waals surface area contributed by atoms with Crippen LogP contribution >= 0.6 is 23.1 Å². The molecule has 29 heavy (non-hydrogen) atoms. The Hall–Kier alpha value is -1.48. The number of amides is 1. The first-order chi connectivity index (χ1) is 14.0. The Morgan fingerprint density at radius 1 is 1.14 bits per heavy atom. The maximum Gasteiger partial charge on any atom is 0.236 e. The molecule has 7 nitrogen and oxygen atoms in total. The second kappa shape index (κ2) is 7.65. The van der Waals surface area contributed by atoms with Crippen molar-refractivity contribution in [3.05, 3.63) is 10.8 Å². The number of nitrogens with one attached hydrogen (secondary N) is 1. The van der Waals surface area contributed by atoms with Gasteiger partial charge in [-0.2, -0.15) is 0 Å². The third-order valence-corrected chi connectivity index (χ3v) is 8.63. The van der Waals surface area contributed by atoms with Gasteiger partial charge in [-0.05, 0) is 75.5 Å². The molecule has 0 radical (unpaired) electrons. The average molecular weight is 433 g/mol. The number of hydrogen-bond donors (Lipinski definition) is 1. The minimum Gasteiger partial charge on any atom is -0.306 e. The monoisotopic (exact) mass is 432 g/mol. The lowest BCUT2D eigenvalue weighted by Gasteiger charge is -2.56. The molecule has 0 aromatic carbocycles. The normalized spacial score (nSPS) is 30.1. The quantitative estimate of drug-likeness (QED) is 0.667. The number of nitrogens with zero attached hydrogens (tertiary/aromatic N) is 5. The number of carbonyl (C=O) groups excluding carboxylic acids is 1. The Balaban J connectivity index is 1.24. The van der Waals surface area contributed by atoms with E-state index in [9.17, 15) is 4.79 Å². The molecule has 4 aliphatic carbocycles. The fourth-order valence-corrected chi connectivity index (χ4v) is 7.78. The van der Waals surface area contributed by atoms with E-state index in [1.54, 1.807) is 0 Å². The summed E-state index contributed by atoms with van der Waals surface area (Å²) < 4.78 is 2.21. The largest absolute Gasteiger partial charge is 0.306 e. The van der Waals surface area contributed by atoms with E-state index in [4.69, 9.17) is 0 Å². The number of anilines is 1. The van der Waals surface area contributed by atoms with Crippen LogP contribution in [0, 0.1) is 30.1 Å². The van der Waals surface area contributed by atoms with Crippen molar-refractivity contribution >= 4 is 34.1 Å². The first-order valence-electron chi connectivity index (χ1n) is 10.7. The summed E-state index contributed by atoms with van der Waals surface area (Å²) in [7, 11) is 0. The Morgan fingerprint density at radius 2 is 1.83 bits per heavy atom. The first-order valence-corrected chi connectivity index (χ1v) is 12.5. The number of aromatic nitrogens is 5. The van der Waals surface area contributed by atoms with E-state index in [0.29, 0.717) is 16.3 Å². The maximum atomic E-state index is 12.2. The van der Waals surface area contributed by atoms with Gasteiger partial charge in [0.15, 0.2) is 5.16 Å². The minimum atomic E-state index is -0.0839. The predicted octanol–water partition coefficient (Wildman–Crippen LogP) is 3.95.